The molecule has 0 saturated heterocycles. The van der Waals surface area contributed by atoms with Crippen LogP contribution in [0.3, 0.4) is 0 Å². The molecule has 0 spiro atoms. The lowest BCUT2D eigenvalue weighted by atomic mass is 9.87. The first-order valence-electron chi connectivity index (χ1n) is 6.23. The highest BCUT2D eigenvalue weighted by atomic mass is 32.1. The molecule has 1 atom stereocenters. The third-order valence-corrected chi connectivity index (χ3v) is 3.47. The van der Waals surface area contributed by atoms with E-state index < -0.39 is 5.54 Å². The van der Waals surface area contributed by atoms with Gasteiger partial charge in [-0.3, -0.25) is 9.97 Å². The second-order valence-corrected chi connectivity index (χ2v) is 5.23. The van der Waals surface area contributed by atoms with Crippen LogP contribution in [0.2, 0.25) is 0 Å². The Bertz CT molecular complexity index is 691. The summed E-state index contributed by atoms with van der Waals surface area (Å²) in [5, 5.41) is 0. The van der Waals surface area contributed by atoms with Crippen molar-refractivity contribution < 1.29 is 0 Å². The van der Waals surface area contributed by atoms with Crippen LogP contribution in [-0.2, 0) is 16.5 Å². The summed E-state index contributed by atoms with van der Waals surface area (Å²) in [6.45, 7) is 4.13. The van der Waals surface area contributed by atoms with E-state index in [1.165, 1.54) is 0 Å². The number of benzene rings is 1. The Morgan fingerprint density at radius 3 is 2.53 bits per heavy atom. The Labute approximate surface area is 116 Å². The lowest BCUT2D eigenvalue weighted by molar-refractivity contribution is 0.448. The van der Waals surface area contributed by atoms with Gasteiger partial charge in [0, 0.05) is 23.5 Å². The van der Waals surface area contributed by atoms with Crippen molar-refractivity contribution in [3.05, 3.63) is 30.1 Å². The average Bonchev–Trinajstić information content (AvgIpc) is 2.38. The van der Waals surface area contributed by atoms with Gasteiger partial charge in [0.1, 0.15) is 0 Å². The summed E-state index contributed by atoms with van der Waals surface area (Å²) in [5.74, 6) is 0. The molecule has 0 fully saturated rings. The van der Waals surface area contributed by atoms with Crippen molar-refractivity contribution >= 4 is 27.7 Å². The molecule has 0 aliphatic carbocycles. The van der Waals surface area contributed by atoms with Crippen LogP contribution in [0, 0.1) is 5.69 Å². The third-order valence-electron chi connectivity index (χ3n) is 3.14. The van der Waals surface area contributed by atoms with E-state index in [0.717, 1.165) is 35.1 Å². The first-order valence-corrected chi connectivity index (χ1v) is 7.15. The molecule has 0 unspecified atom stereocenters. The van der Waals surface area contributed by atoms with E-state index in [1.807, 2.05) is 19.1 Å². The molecule has 0 aliphatic rings. The Balaban J connectivity index is 2.70. The summed E-state index contributed by atoms with van der Waals surface area (Å²) in [6, 6.07) is 3.88. The van der Waals surface area contributed by atoms with Crippen LogP contribution >= 0.6 is 0 Å². The van der Waals surface area contributed by atoms with Crippen molar-refractivity contribution in [1.29, 1.82) is 0 Å². The highest BCUT2D eigenvalue weighted by Gasteiger charge is 2.24. The van der Waals surface area contributed by atoms with E-state index in [-0.39, 0.29) is 0 Å². The summed E-state index contributed by atoms with van der Waals surface area (Å²) in [6.07, 6.45) is 5.23. The largest absolute Gasteiger partial charge is 0.322 e. The van der Waals surface area contributed by atoms with E-state index >= 15 is 0 Å². The first-order chi connectivity index (χ1) is 9.08. The summed E-state index contributed by atoms with van der Waals surface area (Å²) in [4.78, 5) is 8.61. The van der Waals surface area contributed by atoms with Gasteiger partial charge in [-0.25, -0.2) is 4.36 Å². The second-order valence-electron chi connectivity index (χ2n) is 4.80. The molecule has 0 aliphatic heterocycles. The lowest BCUT2D eigenvalue weighted by Gasteiger charge is -2.26. The lowest BCUT2D eigenvalue weighted by Crippen LogP contribution is -2.32. The second kappa shape index (κ2) is 5.53. The molecule has 0 amide bonds. The normalized spacial score (nSPS) is 14.0. The van der Waals surface area contributed by atoms with Gasteiger partial charge in [0.2, 0.25) is 0 Å². The molecule has 0 bridgehead atoms. The topological polar surface area (TPSA) is 64.2 Å². The molecule has 2 rings (SSSR count). The van der Waals surface area contributed by atoms with E-state index in [1.54, 1.807) is 12.4 Å². The number of hydrogen-bond donors (Lipinski definition) is 2. The Kier molecular flexibility index (Phi) is 4.00. The Morgan fingerprint density at radius 1 is 1.32 bits per heavy atom. The van der Waals surface area contributed by atoms with Crippen molar-refractivity contribution in [3.63, 3.8) is 0 Å². The van der Waals surface area contributed by atoms with Gasteiger partial charge >= 0.3 is 0 Å². The molecule has 100 valence electrons. The molecule has 2 N–H and O–H groups in total. The van der Waals surface area contributed by atoms with Crippen LogP contribution in [0.5, 0.6) is 0 Å². The van der Waals surface area contributed by atoms with E-state index in [9.17, 15) is 0 Å². The van der Waals surface area contributed by atoms with Gasteiger partial charge in [-0.15, -0.1) is 16.7 Å². The fourth-order valence-electron chi connectivity index (χ4n) is 2.26. The van der Waals surface area contributed by atoms with Crippen LogP contribution in [0.4, 0.5) is 5.69 Å². The molecule has 0 saturated carbocycles. The Morgan fingerprint density at radius 2 is 1.95 bits per heavy atom. The van der Waals surface area contributed by atoms with Crippen LogP contribution in [-0.4, -0.2) is 9.97 Å². The summed E-state index contributed by atoms with van der Waals surface area (Å²) >= 11 is 0. The predicted molar refractivity (Wildman–Crippen MR) is 81.8 cm³/mol. The van der Waals surface area contributed by atoms with E-state index in [2.05, 4.69) is 21.3 Å². The molecule has 1 aromatic heterocycles. The van der Waals surface area contributed by atoms with Crippen molar-refractivity contribution in [2.75, 3.05) is 0 Å². The predicted octanol–water partition coefficient (Wildman–Crippen LogP) is 2.82. The summed E-state index contributed by atoms with van der Waals surface area (Å²) in [7, 11) is 0.469. The minimum atomic E-state index is -0.440. The maximum Gasteiger partial charge on any atom is 0.0908 e. The fraction of sp³-hybridized carbons (Fsp3) is 0.357. The number of thiol groups is 1. The van der Waals surface area contributed by atoms with E-state index in [0.29, 0.717) is 11.0 Å². The maximum absolute atomic E-state index is 6.42. The van der Waals surface area contributed by atoms with Crippen molar-refractivity contribution in [2.24, 2.45) is 10.1 Å². The Hall–Kier alpha value is -1.68. The molecule has 2 aromatic rings. The van der Waals surface area contributed by atoms with Crippen LogP contribution in [0.25, 0.3) is 11.0 Å². The standard InChI is InChI=1S/C14H18N4S/c1-4-5-14(2,15)10-8-12-13(17-7-6-16-12)9-11(10)18-19-3/h3,6-9,19H,4-5,15H2,1-2H3/t14-/m0/s1. The minimum Gasteiger partial charge on any atom is -0.322 e. The summed E-state index contributed by atoms with van der Waals surface area (Å²) in [5.41, 5.74) is 14.9. The fourth-order valence-corrected chi connectivity index (χ4v) is 2.55. The zero-order valence-electron chi connectivity index (χ0n) is 11.2. The van der Waals surface area contributed by atoms with Crippen LogP contribution in [0.1, 0.15) is 32.3 Å². The van der Waals surface area contributed by atoms with Gasteiger partial charge in [-0.1, -0.05) is 13.3 Å². The number of rotatable bonds is 4. The quantitative estimate of drug-likeness (QED) is 0.843. The van der Waals surface area contributed by atoms with Crippen molar-refractivity contribution in [1.82, 2.24) is 9.97 Å². The minimum absolute atomic E-state index is 0.440. The van der Waals surface area contributed by atoms with Crippen LogP contribution < -0.4 is 5.73 Å². The highest BCUT2D eigenvalue weighted by molar-refractivity contribution is 7.56. The van der Waals surface area contributed by atoms with Gasteiger partial charge in [0.05, 0.1) is 16.7 Å². The number of fused-ring (bicyclic) bond motifs is 1. The number of hydrogen-bond acceptors (Lipinski definition) is 4. The highest BCUT2D eigenvalue weighted by Crippen LogP contribution is 2.34. The molecule has 4 nitrogen and oxygen atoms in total. The van der Waals surface area contributed by atoms with Gasteiger partial charge < -0.3 is 5.73 Å². The first kappa shape index (κ1) is 13.7. The molecule has 1 aromatic carbocycles. The van der Waals surface area contributed by atoms with Gasteiger partial charge in [0.25, 0.3) is 0 Å². The number of nitrogens with two attached hydrogens (primary N) is 1. The molecular formula is C14H18N4S. The maximum atomic E-state index is 6.42. The molecule has 19 heavy (non-hydrogen) atoms. The number of nitrogens with zero attached hydrogens (tertiary/aromatic N) is 3. The van der Waals surface area contributed by atoms with Gasteiger partial charge in [0.15, 0.2) is 0 Å². The summed E-state index contributed by atoms with van der Waals surface area (Å²) < 4.78 is 4.31. The van der Waals surface area contributed by atoms with E-state index in [4.69, 9.17) is 11.4 Å². The average molecular weight is 274 g/mol. The zero-order chi connectivity index (χ0) is 13.9. The smallest absolute Gasteiger partial charge is 0.0908 e. The van der Waals surface area contributed by atoms with Gasteiger partial charge in [-0.05, 0) is 25.5 Å². The molecule has 1 heterocycles. The molecule has 0 radical (unpaired) electrons. The molecular weight excluding hydrogens is 256 g/mol. The van der Waals surface area contributed by atoms with Crippen LogP contribution in [0.15, 0.2) is 28.9 Å². The number of aromatic nitrogens is 2. The van der Waals surface area contributed by atoms with Crippen molar-refractivity contribution in [2.45, 2.75) is 32.2 Å². The third kappa shape index (κ3) is 2.84. The van der Waals surface area contributed by atoms with Gasteiger partial charge in [-0.2, -0.15) is 0 Å². The zero-order valence-corrected chi connectivity index (χ0v) is 12.1. The molecule has 5 heteroatoms. The van der Waals surface area contributed by atoms with Crippen molar-refractivity contribution in [3.8, 4) is 5.69 Å². The SMILES string of the molecule is C#[SH]=Nc1cc2nccnc2cc1[C@@](C)(N)CCC. The monoisotopic (exact) mass is 274 g/mol.